The number of phenolic OH excluding ortho intramolecular Hbond substituents is 1. The number of carbonyl (C=O) groups is 2. The number of hydrogen-bond acceptors (Lipinski definition) is 3. The third-order valence-electron chi connectivity index (χ3n) is 2.20. The average molecular weight is 223 g/mol. The van der Waals surface area contributed by atoms with Crippen molar-refractivity contribution in [1.29, 1.82) is 0 Å². The third-order valence-corrected chi connectivity index (χ3v) is 2.20. The van der Waals surface area contributed by atoms with Crippen molar-refractivity contribution in [1.82, 2.24) is 5.32 Å². The van der Waals surface area contributed by atoms with Crippen LogP contribution in [0.3, 0.4) is 0 Å². The van der Waals surface area contributed by atoms with Crippen molar-refractivity contribution in [3.8, 4) is 5.75 Å². The van der Waals surface area contributed by atoms with Gasteiger partial charge in [-0.25, -0.2) is 0 Å². The summed E-state index contributed by atoms with van der Waals surface area (Å²) >= 11 is 0. The van der Waals surface area contributed by atoms with Gasteiger partial charge in [-0.3, -0.25) is 9.59 Å². The van der Waals surface area contributed by atoms with Crippen molar-refractivity contribution in [2.24, 2.45) is 0 Å². The van der Waals surface area contributed by atoms with Crippen LogP contribution in [0.25, 0.3) is 0 Å². The Labute approximate surface area is 92.7 Å². The number of carbonyl (C=O) groups excluding carboxylic acids is 1. The van der Waals surface area contributed by atoms with Crippen LogP contribution in [0.4, 0.5) is 0 Å². The van der Waals surface area contributed by atoms with E-state index in [0.717, 1.165) is 0 Å². The highest BCUT2D eigenvalue weighted by molar-refractivity contribution is 5.99. The first-order valence-electron chi connectivity index (χ1n) is 4.75. The highest BCUT2D eigenvalue weighted by Crippen LogP contribution is 2.21. The highest BCUT2D eigenvalue weighted by atomic mass is 16.4. The summed E-state index contributed by atoms with van der Waals surface area (Å²) in [7, 11) is 0. The molecule has 0 aliphatic heterocycles. The van der Waals surface area contributed by atoms with Gasteiger partial charge in [0.1, 0.15) is 11.8 Å². The number of benzene rings is 1. The minimum absolute atomic E-state index is 0.0769. The van der Waals surface area contributed by atoms with Gasteiger partial charge in [-0.2, -0.15) is 0 Å². The Kier molecular flexibility index (Phi) is 3.50. The maximum absolute atomic E-state index is 11.6. The van der Waals surface area contributed by atoms with Gasteiger partial charge in [-0.1, -0.05) is 12.1 Å². The van der Waals surface area contributed by atoms with Crippen LogP contribution in [0.1, 0.15) is 22.8 Å². The molecule has 5 nitrogen and oxygen atoms in total. The van der Waals surface area contributed by atoms with Crippen molar-refractivity contribution >= 4 is 11.9 Å². The molecule has 0 fully saturated rings. The Balaban J connectivity index is 2.89. The summed E-state index contributed by atoms with van der Waals surface area (Å²) in [5.74, 6) is -1.85. The Hall–Kier alpha value is -2.04. The molecule has 16 heavy (non-hydrogen) atoms. The minimum Gasteiger partial charge on any atom is -0.507 e. The number of amides is 1. The Morgan fingerprint density at radius 1 is 1.38 bits per heavy atom. The molecule has 1 amide bonds. The van der Waals surface area contributed by atoms with E-state index in [9.17, 15) is 14.7 Å². The van der Waals surface area contributed by atoms with Crippen LogP contribution in [0.15, 0.2) is 18.2 Å². The van der Waals surface area contributed by atoms with Crippen LogP contribution in [-0.4, -0.2) is 28.1 Å². The van der Waals surface area contributed by atoms with Crippen molar-refractivity contribution in [2.45, 2.75) is 19.9 Å². The maximum Gasteiger partial charge on any atom is 0.325 e. The van der Waals surface area contributed by atoms with Crippen LogP contribution >= 0.6 is 0 Å². The van der Waals surface area contributed by atoms with E-state index in [1.165, 1.54) is 13.0 Å². The Morgan fingerprint density at radius 3 is 2.56 bits per heavy atom. The number of carboxylic acids is 1. The highest BCUT2D eigenvalue weighted by Gasteiger charge is 2.18. The van der Waals surface area contributed by atoms with Gasteiger partial charge in [0.25, 0.3) is 5.91 Å². The van der Waals surface area contributed by atoms with E-state index in [4.69, 9.17) is 5.11 Å². The average Bonchev–Trinajstić information content (AvgIpc) is 2.21. The van der Waals surface area contributed by atoms with Crippen LogP contribution in [0.5, 0.6) is 5.75 Å². The number of para-hydroxylation sites is 1. The van der Waals surface area contributed by atoms with E-state index < -0.39 is 17.9 Å². The number of phenols is 1. The van der Waals surface area contributed by atoms with Gasteiger partial charge in [0.2, 0.25) is 0 Å². The molecule has 0 radical (unpaired) electrons. The molecule has 5 heteroatoms. The monoisotopic (exact) mass is 223 g/mol. The molecular weight excluding hydrogens is 210 g/mol. The van der Waals surface area contributed by atoms with Gasteiger partial charge in [0.05, 0.1) is 5.56 Å². The molecule has 0 aliphatic rings. The summed E-state index contributed by atoms with van der Waals surface area (Å²) < 4.78 is 0. The predicted octanol–water partition coefficient (Wildman–Crippen LogP) is 0.904. The largest absolute Gasteiger partial charge is 0.507 e. The quantitative estimate of drug-likeness (QED) is 0.710. The van der Waals surface area contributed by atoms with Crippen LogP contribution < -0.4 is 5.32 Å². The van der Waals surface area contributed by atoms with Gasteiger partial charge in [-0.15, -0.1) is 0 Å². The van der Waals surface area contributed by atoms with E-state index in [-0.39, 0.29) is 11.3 Å². The molecule has 1 aromatic carbocycles. The second-order valence-corrected chi connectivity index (χ2v) is 3.50. The van der Waals surface area contributed by atoms with Gasteiger partial charge < -0.3 is 15.5 Å². The molecule has 0 saturated heterocycles. The van der Waals surface area contributed by atoms with Crippen molar-refractivity contribution in [3.63, 3.8) is 0 Å². The fraction of sp³-hybridized carbons (Fsp3) is 0.273. The molecule has 0 aromatic heterocycles. The Morgan fingerprint density at radius 2 is 2.00 bits per heavy atom. The van der Waals surface area contributed by atoms with Crippen LogP contribution in [-0.2, 0) is 4.79 Å². The standard InChI is InChI=1S/C11H13NO4/c1-6-4-3-5-8(9(6)13)10(14)12-7(2)11(15)16/h3-5,7,13H,1-2H3,(H,12,14)(H,15,16)/t7-/m0/s1. The second kappa shape index (κ2) is 4.65. The molecule has 1 rings (SSSR count). The molecule has 0 saturated carbocycles. The molecule has 3 N–H and O–H groups in total. The maximum atomic E-state index is 11.6. The summed E-state index contributed by atoms with van der Waals surface area (Å²) in [6.07, 6.45) is 0. The molecule has 0 unspecified atom stereocenters. The van der Waals surface area contributed by atoms with E-state index in [1.54, 1.807) is 19.1 Å². The molecule has 1 atom stereocenters. The topological polar surface area (TPSA) is 86.6 Å². The first-order chi connectivity index (χ1) is 7.43. The fourth-order valence-electron chi connectivity index (χ4n) is 1.18. The molecule has 0 spiro atoms. The summed E-state index contributed by atoms with van der Waals surface area (Å²) in [6, 6.07) is 3.72. The lowest BCUT2D eigenvalue weighted by Gasteiger charge is -2.11. The first-order valence-corrected chi connectivity index (χ1v) is 4.75. The van der Waals surface area contributed by atoms with Crippen molar-refractivity contribution in [2.75, 3.05) is 0 Å². The van der Waals surface area contributed by atoms with Crippen LogP contribution in [0.2, 0.25) is 0 Å². The SMILES string of the molecule is Cc1cccc(C(=O)N[C@@H](C)C(=O)O)c1O. The molecule has 1 aromatic rings. The summed E-state index contributed by atoms with van der Waals surface area (Å²) in [4.78, 5) is 22.1. The molecule has 86 valence electrons. The van der Waals surface area contributed by atoms with Gasteiger partial charge in [0.15, 0.2) is 0 Å². The zero-order valence-corrected chi connectivity index (χ0v) is 9.02. The molecule has 0 bridgehead atoms. The number of hydrogen-bond donors (Lipinski definition) is 3. The lowest BCUT2D eigenvalue weighted by atomic mass is 10.1. The number of rotatable bonds is 3. The normalized spacial score (nSPS) is 11.9. The molecular formula is C11H13NO4. The lowest BCUT2D eigenvalue weighted by molar-refractivity contribution is -0.138. The van der Waals surface area contributed by atoms with E-state index in [1.807, 2.05) is 0 Å². The van der Waals surface area contributed by atoms with E-state index >= 15 is 0 Å². The van der Waals surface area contributed by atoms with Crippen LogP contribution in [0, 0.1) is 6.92 Å². The number of aryl methyl sites for hydroxylation is 1. The predicted molar refractivity (Wildman–Crippen MR) is 57.4 cm³/mol. The zero-order chi connectivity index (χ0) is 12.3. The van der Waals surface area contributed by atoms with Gasteiger partial charge in [0, 0.05) is 0 Å². The number of aromatic hydroxyl groups is 1. The number of aliphatic carboxylic acids is 1. The summed E-state index contributed by atoms with van der Waals surface area (Å²) in [6.45, 7) is 3.01. The summed E-state index contributed by atoms with van der Waals surface area (Å²) in [5.41, 5.74) is 0.642. The van der Waals surface area contributed by atoms with E-state index in [2.05, 4.69) is 5.32 Å². The van der Waals surface area contributed by atoms with Crippen molar-refractivity contribution in [3.05, 3.63) is 29.3 Å². The third kappa shape index (κ3) is 2.50. The first kappa shape index (κ1) is 12.0. The molecule has 0 heterocycles. The van der Waals surface area contributed by atoms with Gasteiger partial charge in [-0.05, 0) is 25.5 Å². The Bertz CT molecular complexity index is 428. The number of carboxylic acid groups (broad SMARTS) is 1. The summed E-state index contributed by atoms with van der Waals surface area (Å²) in [5, 5.41) is 20.5. The number of nitrogens with one attached hydrogen (secondary N) is 1. The molecule has 0 aliphatic carbocycles. The minimum atomic E-state index is -1.12. The smallest absolute Gasteiger partial charge is 0.325 e. The van der Waals surface area contributed by atoms with Crippen molar-refractivity contribution < 1.29 is 19.8 Å². The van der Waals surface area contributed by atoms with E-state index in [0.29, 0.717) is 5.56 Å². The van der Waals surface area contributed by atoms with Gasteiger partial charge >= 0.3 is 5.97 Å². The fourth-order valence-corrected chi connectivity index (χ4v) is 1.18. The zero-order valence-electron chi connectivity index (χ0n) is 9.02. The second-order valence-electron chi connectivity index (χ2n) is 3.50. The lowest BCUT2D eigenvalue weighted by Crippen LogP contribution is -2.38.